The molecule has 0 fully saturated rings. The maximum Gasteiger partial charge on any atom is 0.408 e. The Balaban J connectivity index is 1.91. The molecule has 4 nitrogen and oxygen atoms in total. The molecular weight excluding hydrogens is 309 g/mol. The molecule has 0 radical (unpaired) electrons. The summed E-state index contributed by atoms with van der Waals surface area (Å²) in [6.07, 6.45) is -1.89. The van der Waals surface area contributed by atoms with Gasteiger partial charge in [0.1, 0.15) is 12.3 Å². The average molecular weight is 317 g/mol. The monoisotopic (exact) mass is 317 g/mol. The van der Waals surface area contributed by atoms with E-state index in [0.717, 1.165) is 10.9 Å². The number of hydrogen-bond donors (Lipinski definition) is 0. The van der Waals surface area contributed by atoms with E-state index in [9.17, 15) is 22.0 Å². The first kappa shape index (κ1) is 14.5. The Morgan fingerprint density at radius 1 is 1.23 bits per heavy atom. The van der Waals surface area contributed by atoms with Crippen molar-refractivity contribution >= 4 is 17.1 Å². The third-order valence-corrected chi connectivity index (χ3v) is 2.93. The lowest BCUT2D eigenvalue weighted by atomic mass is 10.2. The average Bonchev–Trinajstić information content (AvgIpc) is 2.93. The number of fused-ring (bicyclic) bond motifs is 1. The number of hydrogen-bond acceptors (Lipinski definition) is 3. The number of benzene rings is 1. The van der Waals surface area contributed by atoms with E-state index in [2.05, 4.69) is 10.1 Å². The van der Waals surface area contributed by atoms with Gasteiger partial charge in [-0.25, -0.2) is 0 Å². The van der Waals surface area contributed by atoms with Crippen molar-refractivity contribution in [1.29, 1.82) is 0 Å². The number of halogens is 5. The van der Waals surface area contributed by atoms with Crippen molar-refractivity contribution in [2.24, 2.45) is 4.99 Å². The molecule has 2 heterocycles. The van der Waals surface area contributed by atoms with Gasteiger partial charge >= 0.3 is 12.1 Å². The molecule has 9 heteroatoms. The molecule has 0 saturated carbocycles. The highest BCUT2D eigenvalue weighted by Gasteiger charge is 2.38. The van der Waals surface area contributed by atoms with Crippen LogP contribution < -0.4 is 4.74 Å². The highest BCUT2D eigenvalue weighted by atomic mass is 19.4. The number of aromatic nitrogens is 2. The molecule has 0 aliphatic carbocycles. The third kappa shape index (κ3) is 2.78. The van der Waals surface area contributed by atoms with E-state index in [0.29, 0.717) is 11.6 Å². The molecule has 1 aliphatic rings. The van der Waals surface area contributed by atoms with Crippen LogP contribution in [-0.2, 0) is 6.54 Å². The first-order valence-electron chi connectivity index (χ1n) is 6.08. The lowest BCUT2D eigenvalue weighted by Crippen LogP contribution is -2.21. The molecule has 0 saturated heterocycles. The summed E-state index contributed by atoms with van der Waals surface area (Å²) in [7, 11) is 0. The van der Waals surface area contributed by atoms with Crippen LogP contribution in [0.4, 0.5) is 22.0 Å². The summed E-state index contributed by atoms with van der Waals surface area (Å²) in [5, 5.41) is 4.08. The van der Waals surface area contributed by atoms with Crippen LogP contribution in [0, 0.1) is 0 Å². The summed E-state index contributed by atoms with van der Waals surface area (Å²) < 4.78 is 69.8. The fraction of sp³-hybridized carbons (Fsp3) is 0.231. The van der Waals surface area contributed by atoms with Crippen molar-refractivity contribution in [1.82, 2.24) is 9.78 Å². The van der Waals surface area contributed by atoms with Crippen LogP contribution in [0.25, 0.3) is 10.9 Å². The summed E-state index contributed by atoms with van der Waals surface area (Å²) in [6.45, 7) is -1.28. The second-order valence-corrected chi connectivity index (χ2v) is 4.63. The molecule has 1 aromatic heterocycles. The van der Waals surface area contributed by atoms with Crippen LogP contribution in [0.3, 0.4) is 0 Å². The van der Waals surface area contributed by atoms with Gasteiger partial charge in [-0.15, -0.1) is 0 Å². The molecule has 0 unspecified atom stereocenters. The van der Waals surface area contributed by atoms with E-state index in [1.807, 2.05) is 0 Å². The van der Waals surface area contributed by atoms with Crippen molar-refractivity contribution in [2.75, 3.05) is 0 Å². The fourth-order valence-corrected chi connectivity index (χ4v) is 1.98. The van der Waals surface area contributed by atoms with Crippen molar-refractivity contribution in [3.8, 4) is 5.75 Å². The van der Waals surface area contributed by atoms with Gasteiger partial charge in [0.15, 0.2) is 5.76 Å². The van der Waals surface area contributed by atoms with Gasteiger partial charge in [-0.3, -0.25) is 9.67 Å². The maximum absolute atomic E-state index is 13.3. The van der Waals surface area contributed by atoms with Gasteiger partial charge in [-0.1, -0.05) is 0 Å². The topological polar surface area (TPSA) is 39.4 Å². The molecule has 0 bridgehead atoms. The van der Waals surface area contributed by atoms with Gasteiger partial charge in [0.05, 0.1) is 24.1 Å². The van der Waals surface area contributed by atoms with Crippen LogP contribution in [0.1, 0.15) is 0 Å². The first-order valence-corrected chi connectivity index (χ1v) is 6.08. The minimum absolute atomic E-state index is 0.0205. The van der Waals surface area contributed by atoms with E-state index < -0.39 is 24.4 Å². The molecule has 0 spiro atoms. The Hall–Kier alpha value is -2.45. The summed E-state index contributed by atoms with van der Waals surface area (Å²) in [6, 6.07) is 4.04. The quantitative estimate of drug-likeness (QED) is 0.812. The predicted molar refractivity (Wildman–Crippen MR) is 67.9 cm³/mol. The number of ether oxygens (including phenoxy) is 1. The van der Waals surface area contributed by atoms with E-state index in [4.69, 9.17) is 4.74 Å². The van der Waals surface area contributed by atoms with Crippen LogP contribution in [0.2, 0.25) is 0 Å². The largest absolute Gasteiger partial charge is 0.453 e. The Kier molecular flexibility index (Phi) is 3.15. The molecular formula is C13H8F5N3O. The van der Waals surface area contributed by atoms with Crippen molar-refractivity contribution in [3.05, 3.63) is 36.4 Å². The molecule has 116 valence electrons. The fourth-order valence-electron chi connectivity index (χ4n) is 1.98. The minimum Gasteiger partial charge on any atom is -0.453 e. The zero-order chi connectivity index (χ0) is 16.0. The number of aliphatic imine (C=N–C) groups is 1. The lowest BCUT2D eigenvalue weighted by molar-refractivity contribution is -0.141. The Bertz CT molecular complexity index is 776. The predicted octanol–water partition coefficient (Wildman–Crippen LogP) is 3.54. The normalized spacial score (nSPS) is 17.0. The van der Waals surface area contributed by atoms with Gasteiger partial charge in [0.2, 0.25) is 0 Å². The second-order valence-electron chi connectivity index (χ2n) is 4.63. The van der Waals surface area contributed by atoms with Gasteiger partial charge in [0.25, 0.3) is 0 Å². The number of nitrogens with zero attached hydrogens (tertiary/aromatic N) is 3. The van der Waals surface area contributed by atoms with Gasteiger partial charge in [-0.2, -0.15) is 27.1 Å². The molecule has 0 N–H and O–H groups in total. The zero-order valence-electron chi connectivity index (χ0n) is 10.8. The lowest BCUT2D eigenvalue weighted by Gasteiger charge is -2.13. The Morgan fingerprint density at radius 2 is 2.00 bits per heavy atom. The van der Waals surface area contributed by atoms with Crippen molar-refractivity contribution < 1.29 is 26.7 Å². The number of rotatable bonds is 3. The Labute approximate surface area is 120 Å². The summed E-state index contributed by atoms with van der Waals surface area (Å²) in [4.78, 5) is 3.30. The van der Waals surface area contributed by atoms with Crippen LogP contribution in [0.15, 0.2) is 41.3 Å². The van der Waals surface area contributed by atoms with Gasteiger partial charge in [-0.05, 0) is 12.1 Å². The molecule has 0 atom stereocenters. The smallest absolute Gasteiger partial charge is 0.408 e. The third-order valence-electron chi connectivity index (χ3n) is 2.93. The van der Waals surface area contributed by atoms with E-state index in [1.54, 1.807) is 0 Å². The van der Waals surface area contributed by atoms with Crippen LogP contribution in [0.5, 0.6) is 5.75 Å². The molecule has 0 amide bonds. The molecule has 22 heavy (non-hydrogen) atoms. The summed E-state index contributed by atoms with van der Waals surface area (Å²) in [5.74, 6) is -4.04. The minimum atomic E-state index is -4.44. The van der Waals surface area contributed by atoms with Crippen LogP contribution >= 0.6 is 0 Å². The first-order chi connectivity index (χ1) is 10.2. The standard InChI is InChI=1S/C13H8F5N3O/c14-12(15)6-19-5-11(12)22-9-2-1-8-4-20-21(10(8)3-9)7-13(16,17)18/h1-6H,7H2. The zero-order valence-corrected chi connectivity index (χ0v) is 10.8. The summed E-state index contributed by atoms with van der Waals surface area (Å²) >= 11 is 0. The van der Waals surface area contributed by atoms with E-state index in [-0.39, 0.29) is 11.3 Å². The van der Waals surface area contributed by atoms with E-state index >= 15 is 0 Å². The molecule has 3 rings (SSSR count). The number of allylic oxidation sites excluding steroid dienone is 1. The molecule has 1 aromatic carbocycles. The summed E-state index contributed by atoms with van der Waals surface area (Å²) in [5.41, 5.74) is 0.137. The van der Waals surface area contributed by atoms with Crippen molar-refractivity contribution in [3.63, 3.8) is 0 Å². The second kappa shape index (κ2) is 4.79. The Morgan fingerprint density at radius 3 is 2.64 bits per heavy atom. The van der Waals surface area contributed by atoms with Gasteiger partial charge in [0, 0.05) is 11.5 Å². The molecule has 2 aromatic rings. The maximum atomic E-state index is 13.3. The SMILES string of the molecule is FC(F)(F)Cn1ncc2ccc(OC3=CN=CC3(F)F)cc21. The number of alkyl halides is 5. The van der Waals surface area contributed by atoms with Crippen LogP contribution in [-0.4, -0.2) is 28.1 Å². The molecule has 1 aliphatic heterocycles. The van der Waals surface area contributed by atoms with Crippen molar-refractivity contribution in [2.45, 2.75) is 18.6 Å². The van der Waals surface area contributed by atoms with E-state index in [1.165, 1.54) is 24.4 Å². The van der Waals surface area contributed by atoms with Gasteiger partial charge < -0.3 is 4.74 Å². The highest BCUT2D eigenvalue weighted by Crippen LogP contribution is 2.31. The highest BCUT2D eigenvalue weighted by molar-refractivity contribution is 5.80.